The van der Waals surface area contributed by atoms with E-state index in [-0.39, 0.29) is 5.69 Å². The van der Waals surface area contributed by atoms with Gasteiger partial charge in [-0.15, -0.1) is 21.5 Å². The Morgan fingerprint density at radius 3 is 2.68 bits per heavy atom. The van der Waals surface area contributed by atoms with Gasteiger partial charge in [-0.1, -0.05) is 23.9 Å². The lowest BCUT2D eigenvalue weighted by Gasteiger charge is -2.10. The average Bonchev–Trinajstić information content (AvgIpc) is 3.35. The molecule has 0 bridgehead atoms. The minimum Gasteiger partial charge on any atom is -0.476 e. The molecule has 3 heterocycles. The van der Waals surface area contributed by atoms with Gasteiger partial charge in [0.2, 0.25) is 0 Å². The molecule has 0 radical (unpaired) electrons. The van der Waals surface area contributed by atoms with Crippen molar-refractivity contribution in [2.45, 2.75) is 10.9 Å². The summed E-state index contributed by atoms with van der Waals surface area (Å²) < 4.78 is 16.2. The molecule has 0 saturated heterocycles. The fraction of sp³-hybridized carbons (Fsp3) is 0.0556. The number of rotatable bonds is 6. The summed E-state index contributed by atoms with van der Waals surface area (Å²) in [7, 11) is 0. The second kappa shape index (κ2) is 7.87. The van der Waals surface area contributed by atoms with Gasteiger partial charge in [0.05, 0.1) is 11.4 Å². The highest BCUT2D eigenvalue weighted by molar-refractivity contribution is 7.98. The molecular formula is C18H12FN5O2S2. The molecule has 0 aliphatic carbocycles. The van der Waals surface area contributed by atoms with Crippen LogP contribution in [0.3, 0.4) is 0 Å². The molecule has 10 heteroatoms. The van der Waals surface area contributed by atoms with Crippen LogP contribution in [-0.2, 0) is 5.75 Å². The van der Waals surface area contributed by atoms with Gasteiger partial charge in [0, 0.05) is 23.3 Å². The number of carboxylic acid groups (broad SMARTS) is 1. The molecule has 0 aliphatic heterocycles. The van der Waals surface area contributed by atoms with Crippen molar-refractivity contribution in [3.8, 4) is 17.1 Å². The second-order valence-corrected chi connectivity index (χ2v) is 7.43. The Bertz CT molecular complexity index is 1130. The number of aromatic carboxylic acids is 1. The van der Waals surface area contributed by atoms with Crippen molar-refractivity contribution in [1.29, 1.82) is 0 Å². The fourth-order valence-electron chi connectivity index (χ4n) is 2.50. The number of para-hydroxylation sites is 1. The van der Waals surface area contributed by atoms with Crippen LogP contribution in [0.1, 0.15) is 15.5 Å². The van der Waals surface area contributed by atoms with E-state index in [2.05, 4.69) is 20.2 Å². The van der Waals surface area contributed by atoms with Crippen LogP contribution in [-0.4, -0.2) is 35.8 Å². The van der Waals surface area contributed by atoms with Crippen LogP contribution >= 0.6 is 23.1 Å². The third-order valence-electron chi connectivity index (χ3n) is 3.76. The Kier molecular flexibility index (Phi) is 5.13. The van der Waals surface area contributed by atoms with Crippen molar-refractivity contribution in [3.05, 3.63) is 70.7 Å². The average molecular weight is 413 g/mol. The van der Waals surface area contributed by atoms with Gasteiger partial charge >= 0.3 is 5.97 Å². The van der Waals surface area contributed by atoms with Crippen LogP contribution in [0.15, 0.2) is 59.3 Å². The second-order valence-electron chi connectivity index (χ2n) is 5.55. The van der Waals surface area contributed by atoms with Gasteiger partial charge in [-0.25, -0.2) is 14.2 Å². The largest absolute Gasteiger partial charge is 0.476 e. The van der Waals surface area contributed by atoms with Crippen LogP contribution in [0.2, 0.25) is 0 Å². The molecule has 4 aromatic rings. The number of hydrogen-bond acceptors (Lipinski definition) is 7. The van der Waals surface area contributed by atoms with Crippen LogP contribution in [0.4, 0.5) is 4.39 Å². The summed E-state index contributed by atoms with van der Waals surface area (Å²) >= 11 is 2.56. The van der Waals surface area contributed by atoms with E-state index < -0.39 is 11.8 Å². The molecule has 0 saturated carbocycles. The number of carbonyl (C=O) groups is 1. The SMILES string of the molecule is O=C(O)c1csc(CSc2nnc(-c3ccncc3)n2-c2ccccc2F)n1. The normalized spacial score (nSPS) is 10.9. The number of benzene rings is 1. The first-order valence-electron chi connectivity index (χ1n) is 8.04. The molecule has 0 amide bonds. The minimum absolute atomic E-state index is 0.00800. The Hall–Kier alpha value is -3.11. The standard InChI is InChI=1S/C18H12FN5O2S2/c19-12-3-1-2-4-14(12)24-16(11-5-7-20-8-6-11)22-23-18(24)28-10-15-21-13(9-27-15)17(25)26/h1-9H,10H2,(H,25,26). The monoisotopic (exact) mass is 413 g/mol. The highest BCUT2D eigenvalue weighted by Gasteiger charge is 2.19. The minimum atomic E-state index is -1.07. The summed E-state index contributed by atoms with van der Waals surface area (Å²) in [4.78, 5) is 19.1. The Balaban J connectivity index is 1.72. The van der Waals surface area contributed by atoms with Crippen LogP contribution in [0.25, 0.3) is 17.1 Å². The molecule has 0 unspecified atom stereocenters. The molecule has 140 valence electrons. The van der Waals surface area contributed by atoms with Gasteiger partial charge in [-0.3, -0.25) is 9.55 Å². The topological polar surface area (TPSA) is 93.8 Å². The fourth-order valence-corrected chi connectivity index (χ4v) is 4.23. The number of hydrogen-bond donors (Lipinski definition) is 1. The maximum atomic E-state index is 14.5. The van der Waals surface area contributed by atoms with E-state index in [0.29, 0.717) is 27.4 Å². The smallest absolute Gasteiger partial charge is 0.355 e. The molecule has 0 atom stereocenters. The number of thiazole rings is 1. The van der Waals surface area contributed by atoms with E-state index in [9.17, 15) is 9.18 Å². The Morgan fingerprint density at radius 1 is 1.18 bits per heavy atom. The van der Waals surface area contributed by atoms with E-state index in [1.165, 1.54) is 34.5 Å². The number of carboxylic acids is 1. The van der Waals surface area contributed by atoms with Crippen molar-refractivity contribution < 1.29 is 14.3 Å². The molecular weight excluding hydrogens is 401 g/mol. The van der Waals surface area contributed by atoms with E-state index in [0.717, 1.165) is 5.56 Å². The van der Waals surface area contributed by atoms with Crippen LogP contribution in [0.5, 0.6) is 0 Å². The highest BCUT2D eigenvalue weighted by atomic mass is 32.2. The number of thioether (sulfide) groups is 1. The Morgan fingerprint density at radius 2 is 1.96 bits per heavy atom. The number of halogens is 1. The molecule has 0 aliphatic rings. The van der Waals surface area contributed by atoms with Crippen molar-refractivity contribution >= 4 is 29.1 Å². The molecule has 0 fully saturated rings. The third-order valence-corrected chi connectivity index (χ3v) is 5.73. The lowest BCUT2D eigenvalue weighted by Crippen LogP contribution is -2.02. The highest BCUT2D eigenvalue weighted by Crippen LogP contribution is 2.31. The van der Waals surface area contributed by atoms with Gasteiger partial charge in [-0.05, 0) is 24.3 Å². The van der Waals surface area contributed by atoms with E-state index in [1.807, 2.05) is 0 Å². The molecule has 28 heavy (non-hydrogen) atoms. The first-order chi connectivity index (χ1) is 13.6. The van der Waals surface area contributed by atoms with Gasteiger partial charge in [0.25, 0.3) is 0 Å². The third kappa shape index (κ3) is 3.64. The number of nitrogens with zero attached hydrogens (tertiary/aromatic N) is 5. The zero-order chi connectivity index (χ0) is 19.5. The zero-order valence-corrected chi connectivity index (χ0v) is 15.8. The summed E-state index contributed by atoms with van der Waals surface area (Å²) in [5, 5.41) is 20.1. The maximum Gasteiger partial charge on any atom is 0.355 e. The lowest BCUT2D eigenvalue weighted by atomic mass is 10.2. The van der Waals surface area contributed by atoms with Gasteiger partial charge in [0.1, 0.15) is 10.8 Å². The summed E-state index contributed by atoms with van der Waals surface area (Å²) in [6, 6.07) is 9.93. The van der Waals surface area contributed by atoms with Gasteiger partial charge < -0.3 is 5.11 Å². The molecule has 0 spiro atoms. The van der Waals surface area contributed by atoms with E-state index in [4.69, 9.17) is 5.11 Å². The van der Waals surface area contributed by atoms with Crippen LogP contribution < -0.4 is 0 Å². The first kappa shape index (κ1) is 18.3. The summed E-state index contributed by atoms with van der Waals surface area (Å²) in [5.74, 6) is -0.592. The predicted octanol–water partition coefficient (Wildman–Crippen LogP) is 3.92. The zero-order valence-electron chi connectivity index (χ0n) is 14.2. The summed E-state index contributed by atoms with van der Waals surface area (Å²) in [5.41, 5.74) is 1.08. The van der Waals surface area contributed by atoms with Crippen molar-refractivity contribution in [2.24, 2.45) is 0 Å². The quantitative estimate of drug-likeness (QED) is 0.479. The molecule has 1 N–H and O–H groups in total. The van der Waals surface area contributed by atoms with Gasteiger partial charge in [0.15, 0.2) is 16.7 Å². The molecule has 3 aromatic heterocycles. The first-order valence-corrected chi connectivity index (χ1v) is 9.91. The van der Waals surface area contributed by atoms with Crippen molar-refractivity contribution in [3.63, 3.8) is 0 Å². The Labute approximate surface area is 166 Å². The molecule has 1 aromatic carbocycles. The summed E-state index contributed by atoms with van der Waals surface area (Å²) in [6.45, 7) is 0. The van der Waals surface area contributed by atoms with E-state index >= 15 is 0 Å². The summed E-state index contributed by atoms with van der Waals surface area (Å²) in [6.07, 6.45) is 3.26. The van der Waals surface area contributed by atoms with Crippen LogP contribution in [0, 0.1) is 5.82 Å². The maximum absolute atomic E-state index is 14.5. The molecule has 4 rings (SSSR count). The number of pyridine rings is 1. The molecule has 7 nitrogen and oxygen atoms in total. The van der Waals surface area contributed by atoms with Crippen molar-refractivity contribution in [1.82, 2.24) is 24.7 Å². The number of aromatic nitrogens is 5. The van der Waals surface area contributed by atoms with Gasteiger partial charge in [-0.2, -0.15) is 0 Å². The predicted molar refractivity (Wildman–Crippen MR) is 103 cm³/mol. The lowest BCUT2D eigenvalue weighted by molar-refractivity contribution is 0.0691. The van der Waals surface area contributed by atoms with Crippen molar-refractivity contribution in [2.75, 3.05) is 0 Å². The van der Waals surface area contributed by atoms with E-state index in [1.54, 1.807) is 47.3 Å².